The number of benzene rings is 2. The van der Waals surface area contributed by atoms with Gasteiger partial charge in [-0.25, -0.2) is 0 Å². The van der Waals surface area contributed by atoms with Crippen molar-refractivity contribution < 1.29 is 27.8 Å². The molecule has 0 fully saturated rings. The van der Waals surface area contributed by atoms with E-state index in [1.54, 1.807) is 24.3 Å². The van der Waals surface area contributed by atoms with E-state index in [0.717, 1.165) is 12.1 Å². The Kier molecular flexibility index (Phi) is 7.93. The van der Waals surface area contributed by atoms with Gasteiger partial charge in [0.25, 0.3) is 5.91 Å². The van der Waals surface area contributed by atoms with Crippen LogP contribution in [0.5, 0.6) is 5.75 Å². The molecule has 1 atom stereocenters. The molecule has 148 valence electrons. The molecule has 2 aromatic carbocycles. The van der Waals surface area contributed by atoms with Gasteiger partial charge in [-0.05, 0) is 36.4 Å². The summed E-state index contributed by atoms with van der Waals surface area (Å²) in [7, 11) is 1.51. The van der Waals surface area contributed by atoms with Gasteiger partial charge in [0.1, 0.15) is 18.5 Å². The first-order chi connectivity index (χ1) is 12.2. The number of hydrogen-bond acceptors (Lipinski definition) is 4. The molecule has 27 heavy (non-hydrogen) atoms. The monoisotopic (exact) mass is 404 g/mol. The maximum atomic E-state index is 12.5. The number of halogens is 4. The summed E-state index contributed by atoms with van der Waals surface area (Å²) in [5, 5.41) is 10.00. The zero-order valence-corrected chi connectivity index (χ0v) is 15.3. The topological polar surface area (TPSA) is 75.8 Å². The van der Waals surface area contributed by atoms with Crippen molar-refractivity contribution in [2.75, 3.05) is 25.9 Å². The lowest BCUT2D eigenvalue weighted by atomic mass is 10.1. The fourth-order valence-corrected chi connectivity index (χ4v) is 2.28. The van der Waals surface area contributed by atoms with Gasteiger partial charge in [-0.15, -0.1) is 12.4 Å². The van der Waals surface area contributed by atoms with E-state index < -0.39 is 17.8 Å². The van der Waals surface area contributed by atoms with Crippen LogP contribution in [0.3, 0.4) is 0 Å². The average molecular weight is 405 g/mol. The van der Waals surface area contributed by atoms with Crippen molar-refractivity contribution in [3.8, 4) is 5.75 Å². The number of aliphatic hydroxyl groups excluding tert-OH is 1. The van der Waals surface area contributed by atoms with E-state index in [2.05, 4.69) is 0 Å². The number of carbonyl (C=O) groups excluding carboxylic acids is 1. The second-order valence-electron chi connectivity index (χ2n) is 5.76. The summed E-state index contributed by atoms with van der Waals surface area (Å²) in [6.07, 6.45) is -5.43. The molecule has 3 N–H and O–H groups in total. The fraction of sp³-hybridized carbons (Fsp3) is 0.278. The number of ether oxygens (including phenoxy) is 1. The maximum Gasteiger partial charge on any atom is 0.416 e. The van der Waals surface area contributed by atoms with E-state index >= 15 is 0 Å². The minimum Gasteiger partial charge on any atom is -0.491 e. The van der Waals surface area contributed by atoms with E-state index in [-0.39, 0.29) is 37.2 Å². The highest BCUT2D eigenvalue weighted by atomic mass is 35.5. The highest BCUT2D eigenvalue weighted by Crippen LogP contribution is 2.30. The number of anilines is 1. The van der Waals surface area contributed by atoms with Crippen molar-refractivity contribution in [2.24, 2.45) is 0 Å². The molecular formula is C18H20ClF3N2O3. The molecule has 0 spiro atoms. The zero-order chi connectivity index (χ0) is 19.3. The number of alkyl halides is 3. The number of nitrogens with two attached hydrogens (primary N) is 1. The first-order valence-electron chi connectivity index (χ1n) is 7.76. The normalized spacial score (nSPS) is 12.0. The second kappa shape index (κ2) is 9.48. The van der Waals surface area contributed by atoms with Crippen molar-refractivity contribution >= 4 is 24.0 Å². The molecule has 9 heteroatoms. The van der Waals surface area contributed by atoms with E-state index in [0.29, 0.717) is 11.3 Å². The molecule has 0 radical (unpaired) electrons. The third-order valence-corrected chi connectivity index (χ3v) is 3.65. The van der Waals surface area contributed by atoms with Crippen molar-refractivity contribution in [1.29, 1.82) is 0 Å². The summed E-state index contributed by atoms with van der Waals surface area (Å²) < 4.78 is 42.7. The molecule has 0 aliphatic carbocycles. The van der Waals surface area contributed by atoms with Gasteiger partial charge >= 0.3 is 6.18 Å². The fourth-order valence-electron chi connectivity index (χ4n) is 2.28. The van der Waals surface area contributed by atoms with Crippen LogP contribution in [0.2, 0.25) is 0 Å². The van der Waals surface area contributed by atoms with Gasteiger partial charge in [0.2, 0.25) is 0 Å². The Labute approximate surface area is 160 Å². The summed E-state index contributed by atoms with van der Waals surface area (Å²) in [6.45, 7) is -0.193. The largest absolute Gasteiger partial charge is 0.491 e. The predicted octanol–water partition coefficient (Wildman–Crippen LogP) is 3.22. The Hall–Kier alpha value is -2.45. The van der Waals surface area contributed by atoms with Crippen molar-refractivity contribution in [3.63, 3.8) is 0 Å². The molecule has 0 aliphatic rings. The van der Waals surface area contributed by atoms with Gasteiger partial charge in [0.15, 0.2) is 0 Å². The number of likely N-dealkylation sites (N-methyl/N-ethyl adjacent to an activating group) is 1. The smallest absolute Gasteiger partial charge is 0.416 e. The molecule has 1 unspecified atom stereocenters. The first-order valence-corrected chi connectivity index (χ1v) is 7.76. The maximum absolute atomic E-state index is 12.5. The zero-order valence-electron chi connectivity index (χ0n) is 14.4. The number of rotatable bonds is 6. The Morgan fingerprint density at radius 2 is 1.78 bits per heavy atom. The average Bonchev–Trinajstić information content (AvgIpc) is 2.59. The van der Waals surface area contributed by atoms with Crippen LogP contribution in [0.4, 0.5) is 18.9 Å². The number of amides is 1. The van der Waals surface area contributed by atoms with Crippen LogP contribution >= 0.6 is 12.4 Å². The Balaban J connectivity index is 0.00000364. The van der Waals surface area contributed by atoms with Crippen LogP contribution in [0.15, 0.2) is 48.5 Å². The van der Waals surface area contributed by atoms with E-state index in [9.17, 15) is 23.1 Å². The summed E-state index contributed by atoms with van der Waals surface area (Å²) in [5.74, 6) is -0.157. The summed E-state index contributed by atoms with van der Waals surface area (Å²) in [5.41, 5.74) is 5.63. The summed E-state index contributed by atoms with van der Waals surface area (Å²) in [4.78, 5) is 13.6. The van der Waals surface area contributed by atoms with Crippen LogP contribution in [0, 0.1) is 0 Å². The minimum atomic E-state index is -4.42. The lowest BCUT2D eigenvalue weighted by Crippen LogP contribution is -2.37. The Morgan fingerprint density at radius 1 is 1.19 bits per heavy atom. The lowest BCUT2D eigenvalue weighted by Gasteiger charge is -2.22. The Bertz CT molecular complexity index is 754. The standard InChI is InChI=1S/C18H19F3N2O3.ClH/c1-23(17(25)15-4-2-3-5-16(15)22)10-13(24)11-26-14-8-6-12(7-9-14)18(19,20)21;/h2-9,13,24H,10-11,22H2,1H3;1H. The number of hydrogen-bond donors (Lipinski definition) is 2. The van der Waals surface area contributed by atoms with Crippen LogP contribution in [-0.4, -0.2) is 42.2 Å². The quantitative estimate of drug-likeness (QED) is 0.725. The van der Waals surface area contributed by atoms with Gasteiger partial charge in [0.05, 0.1) is 11.1 Å². The van der Waals surface area contributed by atoms with Gasteiger partial charge < -0.3 is 20.5 Å². The van der Waals surface area contributed by atoms with Crippen LogP contribution in [0.25, 0.3) is 0 Å². The number of nitrogens with zero attached hydrogens (tertiary/aromatic N) is 1. The van der Waals surface area contributed by atoms with E-state index in [1.807, 2.05) is 0 Å². The first kappa shape index (κ1) is 22.6. The third kappa shape index (κ3) is 6.33. The lowest BCUT2D eigenvalue weighted by molar-refractivity contribution is -0.137. The van der Waals surface area contributed by atoms with Gasteiger partial charge in [-0.2, -0.15) is 13.2 Å². The molecule has 5 nitrogen and oxygen atoms in total. The highest BCUT2D eigenvalue weighted by molar-refractivity contribution is 5.98. The molecule has 2 aromatic rings. The molecular weight excluding hydrogens is 385 g/mol. The molecule has 0 saturated heterocycles. The number of aliphatic hydroxyl groups is 1. The molecule has 0 heterocycles. The molecule has 1 amide bonds. The van der Waals surface area contributed by atoms with Crippen LogP contribution in [-0.2, 0) is 6.18 Å². The van der Waals surface area contributed by atoms with E-state index in [4.69, 9.17) is 10.5 Å². The molecule has 0 aliphatic heterocycles. The number of carbonyl (C=O) groups is 1. The predicted molar refractivity (Wildman–Crippen MR) is 98.0 cm³/mol. The summed E-state index contributed by atoms with van der Waals surface area (Å²) in [6, 6.07) is 10.7. The number of para-hydroxylation sites is 1. The van der Waals surface area contributed by atoms with Crippen LogP contribution < -0.4 is 10.5 Å². The Morgan fingerprint density at radius 3 is 2.33 bits per heavy atom. The van der Waals surface area contributed by atoms with E-state index in [1.165, 1.54) is 24.1 Å². The van der Waals surface area contributed by atoms with Gasteiger partial charge in [-0.3, -0.25) is 4.79 Å². The van der Waals surface area contributed by atoms with Gasteiger partial charge in [-0.1, -0.05) is 12.1 Å². The minimum absolute atomic E-state index is 0. The molecule has 0 saturated carbocycles. The molecule has 2 rings (SSSR count). The number of nitrogen functional groups attached to an aromatic ring is 1. The SMILES string of the molecule is CN(CC(O)COc1ccc(C(F)(F)F)cc1)C(=O)c1ccccc1N.Cl. The van der Waals surface area contributed by atoms with Gasteiger partial charge in [0, 0.05) is 19.3 Å². The van der Waals surface area contributed by atoms with Crippen LogP contribution in [0.1, 0.15) is 15.9 Å². The third-order valence-electron chi connectivity index (χ3n) is 3.65. The summed E-state index contributed by atoms with van der Waals surface area (Å²) >= 11 is 0. The molecule has 0 aromatic heterocycles. The molecule has 0 bridgehead atoms. The second-order valence-corrected chi connectivity index (χ2v) is 5.76. The van der Waals surface area contributed by atoms with Crippen molar-refractivity contribution in [1.82, 2.24) is 4.90 Å². The highest BCUT2D eigenvalue weighted by Gasteiger charge is 2.30. The van der Waals surface area contributed by atoms with Crippen molar-refractivity contribution in [2.45, 2.75) is 12.3 Å². The van der Waals surface area contributed by atoms with Crippen molar-refractivity contribution in [3.05, 3.63) is 59.7 Å².